The molecule has 1 aliphatic rings. The molecule has 0 spiro atoms. The third-order valence-corrected chi connectivity index (χ3v) is 3.19. The van der Waals surface area contributed by atoms with Crippen molar-refractivity contribution in [3.05, 3.63) is 39.6 Å². The number of pyridine rings is 1. The minimum absolute atomic E-state index is 0.0617. The van der Waals surface area contributed by atoms with Crippen LogP contribution in [0.15, 0.2) is 23.9 Å². The van der Waals surface area contributed by atoms with Crippen molar-refractivity contribution in [1.29, 1.82) is 0 Å². The summed E-state index contributed by atoms with van der Waals surface area (Å²) in [6, 6.07) is 1.72. The molecule has 0 amide bonds. The van der Waals surface area contributed by atoms with E-state index in [1.54, 1.807) is 13.0 Å². The van der Waals surface area contributed by atoms with Crippen LogP contribution in [0.3, 0.4) is 0 Å². The molecular formula is C13H18N4O2. The van der Waals surface area contributed by atoms with E-state index in [0.29, 0.717) is 11.4 Å². The normalized spacial score (nSPS) is 14.9. The zero-order chi connectivity index (χ0) is 13.7. The second-order valence-electron chi connectivity index (χ2n) is 4.61. The monoisotopic (exact) mass is 262 g/mol. The molecule has 0 atom stereocenters. The van der Waals surface area contributed by atoms with E-state index in [1.807, 2.05) is 0 Å². The van der Waals surface area contributed by atoms with Gasteiger partial charge in [-0.05, 0) is 32.4 Å². The predicted molar refractivity (Wildman–Crippen MR) is 74.3 cm³/mol. The standard InChI is InChI=1S/C13H18N4O2/c1-10-8-13(16-9-12(10)17(18)19)15-7-4-11-2-5-14-6-3-11/h2,8-9,14H,3-7H2,1H3,(H,15,16). The lowest BCUT2D eigenvalue weighted by atomic mass is 10.1. The molecule has 0 unspecified atom stereocenters. The van der Waals surface area contributed by atoms with Crippen molar-refractivity contribution in [3.8, 4) is 0 Å². The Bertz CT molecular complexity index is 499. The van der Waals surface area contributed by atoms with E-state index in [4.69, 9.17) is 0 Å². The lowest BCUT2D eigenvalue weighted by Crippen LogP contribution is -2.21. The second-order valence-corrected chi connectivity index (χ2v) is 4.61. The average Bonchev–Trinajstić information content (AvgIpc) is 2.39. The number of aromatic nitrogens is 1. The Kier molecular flexibility index (Phi) is 4.46. The quantitative estimate of drug-likeness (QED) is 0.482. The molecule has 0 bridgehead atoms. The average molecular weight is 262 g/mol. The highest BCUT2D eigenvalue weighted by Crippen LogP contribution is 2.19. The maximum Gasteiger partial charge on any atom is 0.290 e. The van der Waals surface area contributed by atoms with Gasteiger partial charge in [0.05, 0.1) is 4.92 Å². The fourth-order valence-corrected chi connectivity index (χ4v) is 2.08. The van der Waals surface area contributed by atoms with E-state index in [9.17, 15) is 10.1 Å². The Morgan fingerprint density at radius 2 is 2.42 bits per heavy atom. The first-order chi connectivity index (χ1) is 9.16. The Balaban J connectivity index is 1.87. The summed E-state index contributed by atoms with van der Waals surface area (Å²) < 4.78 is 0. The fourth-order valence-electron chi connectivity index (χ4n) is 2.08. The van der Waals surface area contributed by atoms with Gasteiger partial charge in [-0.25, -0.2) is 4.98 Å². The Hall–Kier alpha value is -1.95. The molecule has 102 valence electrons. The van der Waals surface area contributed by atoms with Crippen molar-refractivity contribution >= 4 is 11.5 Å². The number of hydrogen-bond acceptors (Lipinski definition) is 5. The number of nitrogens with one attached hydrogen (secondary N) is 2. The van der Waals surface area contributed by atoms with Crippen LogP contribution in [-0.2, 0) is 0 Å². The molecule has 0 aromatic carbocycles. The van der Waals surface area contributed by atoms with E-state index >= 15 is 0 Å². The van der Waals surface area contributed by atoms with Crippen LogP contribution in [0, 0.1) is 17.0 Å². The summed E-state index contributed by atoms with van der Waals surface area (Å²) in [4.78, 5) is 14.3. The summed E-state index contributed by atoms with van der Waals surface area (Å²) in [5.74, 6) is 0.692. The minimum atomic E-state index is -0.411. The van der Waals surface area contributed by atoms with Crippen LogP contribution in [0.2, 0.25) is 0 Å². The van der Waals surface area contributed by atoms with Crippen LogP contribution >= 0.6 is 0 Å². The number of nitrogens with zero attached hydrogens (tertiary/aromatic N) is 2. The van der Waals surface area contributed by atoms with Crippen molar-refractivity contribution in [2.45, 2.75) is 19.8 Å². The molecule has 6 heteroatoms. The summed E-state index contributed by atoms with van der Waals surface area (Å²) in [5, 5.41) is 17.2. The van der Waals surface area contributed by atoms with Gasteiger partial charge in [-0.3, -0.25) is 10.1 Å². The second kappa shape index (κ2) is 6.29. The van der Waals surface area contributed by atoms with Crippen molar-refractivity contribution < 1.29 is 4.92 Å². The van der Waals surface area contributed by atoms with Crippen LogP contribution in [0.25, 0.3) is 0 Å². The molecule has 2 rings (SSSR count). The molecule has 0 aliphatic carbocycles. The minimum Gasteiger partial charge on any atom is -0.370 e. The molecule has 0 fully saturated rings. The summed E-state index contributed by atoms with van der Waals surface area (Å²) in [6.07, 6.45) is 5.61. The zero-order valence-electron chi connectivity index (χ0n) is 11.0. The molecule has 6 nitrogen and oxygen atoms in total. The first-order valence-electron chi connectivity index (χ1n) is 6.40. The van der Waals surface area contributed by atoms with Gasteiger partial charge in [0.25, 0.3) is 5.69 Å². The lowest BCUT2D eigenvalue weighted by molar-refractivity contribution is -0.385. The van der Waals surface area contributed by atoms with Gasteiger partial charge in [0.2, 0.25) is 0 Å². The van der Waals surface area contributed by atoms with Crippen molar-refractivity contribution in [3.63, 3.8) is 0 Å². The smallest absolute Gasteiger partial charge is 0.290 e. The van der Waals surface area contributed by atoms with Crippen molar-refractivity contribution in [2.24, 2.45) is 0 Å². The third kappa shape index (κ3) is 3.75. The van der Waals surface area contributed by atoms with E-state index in [0.717, 1.165) is 32.5 Å². The van der Waals surface area contributed by atoms with Crippen LogP contribution < -0.4 is 10.6 Å². The lowest BCUT2D eigenvalue weighted by Gasteiger charge is -2.14. The molecular weight excluding hydrogens is 244 g/mol. The van der Waals surface area contributed by atoms with Gasteiger partial charge < -0.3 is 10.6 Å². The van der Waals surface area contributed by atoms with Crippen molar-refractivity contribution in [2.75, 3.05) is 25.0 Å². The van der Waals surface area contributed by atoms with Crippen LogP contribution in [0.1, 0.15) is 18.4 Å². The molecule has 2 heterocycles. The third-order valence-electron chi connectivity index (χ3n) is 3.19. The van der Waals surface area contributed by atoms with Gasteiger partial charge in [-0.2, -0.15) is 0 Å². The summed E-state index contributed by atoms with van der Waals surface area (Å²) in [5.41, 5.74) is 2.14. The fraction of sp³-hybridized carbons (Fsp3) is 0.462. The summed E-state index contributed by atoms with van der Waals surface area (Å²) >= 11 is 0. The Labute approximate surface area is 112 Å². The Morgan fingerprint density at radius 1 is 1.58 bits per heavy atom. The maximum atomic E-state index is 10.7. The SMILES string of the molecule is Cc1cc(NCCC2=CCNCC2)ncc1[N+](=O)[O-]. The predicted octanol–water partition coefficient (Wildman–Crippen LogP) is 2.02. The van der Waals surface area contributed by atoms with Crippen LogP contribution in [0.5, 0.6) is 0 Å². The number of nitro groups is 1. The topological polar surface area (TPSA) is 80.1 Å². The zero-order valence-corrected chi connectivity index (χ0v) is 11.0. The highest BCUT2D eigenvalue weighted by atomic mass is 16.6. The van der Waals surface area contributed by atoms with Crippen molar-refractivity contribution in [1.82, 2.24) is 10.3 Å². The van der Waals surface area contributed by atoms with Crippen LogP contribution in [-0.4, -0.2) is 29.5 Å². The molecule has 19 heavy (non-hydrogen) atoms. The number of anilines is 1. The van der Waals surface area contributed by atoms with Gasteiger partial charge in [-0.1, -0.05) is 11.6 Å². The molecule has 0 saturated heterocycles. The first kappa shape index (κ1) is 13.5. The van der Waals surface area contributed by atoms with E-state index in [2.05, 4.69) is 21.7 Å². The largest absolute Gasteiger partial charge is 0.370 e. The van der Waals surface area contributed by atoms with Gasteiger partial charge in [-0.15, -0.1) is 0 Å². The van der Waals surface area contributed by atoms with Crippen LogP contribution in [0.4, 0.5) is 11.5 Å². The molecule has 2 N–H and O–H groups in total. The van der Waals surface area contributed by atoms with Gasteiger partial charge >= 0.3 is 0 Å². The molecule has 1 aliphatic heterocycles. The number of hydrogen-bond donors (Lipinski definition) is 2. The molecule has 0 saturated carbocycles. The summed E-state index contributed by atoms with van der Waals surface area (Å²) in [7, 11) is 0. The first-order valence-corrected chi connectivity index (χ1v) is 6.40. The van der Waals surface area contributed by atoms with Gasteiger partial charge in [0.15, 0.2) is 0 Å². The number of aryl methyl sites for hydroxylation is 1. The van der Waals surface area contributed by atoms with E-state index in [-0.39, 0.29) is 5.69 Å². The van der Waals surface area contributed by atoms with E-state index < -0.39 is 4.92 Å². The highest BCUT2D eigenvalue weighted by molar-refractivity contribution is 5.46. The molecule has 1 aromatic rings. The maximum absolute atomic E-state index is 10.7. The number of rotatable bonds is 5. The van der Waals surface area contributed by atoms with Gasteiger partial charge in [0, 0.05) is 18.7 Å². The van der Waals surface area contributed by atoms with E-state index in [1.165, 1.54) is 11.8 Å². The molecule has 0 radical (unpaired) electrons. The summed E-state index contributed by atoms with van der Waals surface area (Å²) in [6.45, 7) is 4.52. The highest BCUT2D eigenvalue weighted by Gasteiger charge is 2.11. The Morgan fingerprint density at radius 3 is 3.05 bits per heavy atom. The molecule has 1 aromatic heterocycles. The van der Waals surface area contributed by atoms with Gasteiger partial charge in [0.1, 0.15) is 12.0 Å².